The second kappa shape index (κ2) is 7.03. The van der Waals surface area contributed by atoms with E-state index in [0.717, 1.165) is 15.6 Å². The zero-order valence-electron chi connectivity index (χ0n) is 12.9. The van der Waals surface area contributed by atoms with Gasteiger partial charge in [-0.2, -0.15) is 0 Å². The van der Waals surface area contributed by atoms with Crippen LogP contribution in [-0.4, -0.2) is 18.4 Å². The summed E-state index contributed by atoms with van der Waals surface area (Å²) in [5.41, 5.74) is 1.75. The van der Waals surface area contributed by atoms with Crippen molar-refractivity contribution < 1.29 is 9.59 Å². The summed E-state index contributed by atoms with van der Waals surface area (Å²) in [7, 11) is 0. The Morgan fingerprint density at radius 1 is 1.12 bits per heavy atom. The van der Waals surface area contributed by atoms with Crippen LogP contribution in [-0.2, 0) is 4.79 Å². The lowest BCUT2D eigenvalue weighted by molar-refractivity contribution is -0.115. The van der Waals surface area contributed by atoms with Gasteiger partial charge in [0.2, 0.25) is 5.91 Å². The van der Waals surface area contributed by atoms with Crippen molar-refractivity contribution in [3.63, 3.8) is 0 Å². The second-order valence-electron chi connectivity index (χ2n) is 5.34. The maximum absolute atomic E-state index is 12.3. The fraction of sp³-hybridized carbons (Fsp3) is 0.111. The number of rotatable bonds is 4. The first kappa shape index (κ1) is 16.5. The van der Waals surface area contributed by atoms with Crippen molar-refractivity contribution in [1.82, 2.24) is 5.32 Å². The van der Waals surface area contributed by atoms with Crippen LogP contribution in [0.3, 0.4) is 0 Å². The van der Waals surface area contributed by atoms with E-state index in [0.29, 0.717) is 15.6 Å². The van der Waals surface area contributed by atoms with Crippen LogP contribution in [0.5, 0.6) is 0 Å². The monoisotopic (exact) mass is 358 g/mol. The number of hydrogen-bond acceptors (Lipinski definition) is 3. The average molecular weight is 359 g/mol. The molecule has 4 nitrogen and oxygen atoms in total. The molecule has 0 saturated heterocycles. The van der Waals surface area contributed by atoms with E-state index >= 15 is 0 Å². The Hall–Kier alpha value is -2.37. The Bertz CT molecular complexity index is 920. The summed E-state index contributed by atoms with van der Waals surface area (Å²) in [4.78, 5) is 24.7. The van der Waals surface area contributed by atoms with Gasteiger partial charge in [0.05, 0.1) is 11.6 Å². The van der Waals surface area contributed by atoms with E-state index in [1.54, 1.807) is 6.07 Å². The van der Waals surface area contributed by atoms with Gasteiger partial charge in [-0.25, -0.2) is 0 Å². The molecular weight excluding hydrogens is 344 g/mol. The maximum Gasteiger partial charge on any atom is 0.263 e. The molecule has 3 aromatic rings. The number of thiophene rings is 1. The van der Waals surface area contributed by atoms with Gasteiger partial charge in [0.15, 0.2) is 0 Å². The van der Waals surface area contributed by atoms with Crippen LogP contribution >= 0.6 is 22.9 Å². The topological polar surface area (TPSA) is 58.2 Å². The molecule has 0 fully saturated rings. The minimum atomic E-state index is -0.347. The van der Waals surface area contributed by atoms with Crippen molar-refractivity contribution in [2.75, 3.05) is 11.9 Å². The number of hydrogen-bond donors (Lipinski definition) is 2. The smallest absolute Gasteiger partial charge is 0.263 e. The third-order valence-electron chi connectivity index (χ3n) is 3.45. The first-order valence-corrected chi connectivity index (χ1v) is 8.56. The highest BCUT2D eigenvalue weighted by Gasteiger charge is 2.17. The standard InChI is InChI=1S/C18H15ClN2O2S/c1-11-5-4-6-12(9-11)21-15(22)10-20-18(23)17-16(19)13-7-2-3-8-14(13)24-17/h2-9H,10H2,1H3,(H,20,23)(H,21,22). The van der Waals surface area contributed by atoms with Crippen molar-refractivity contribution in [1.29, 1.82) is 0 Å². The predicted octanol–water partition coefficient (Wildman–Crippen LogP) is 4.23. The molecule has 0 atom stereocenters. The molecule has 0 radical (unpaired) electrons. The molecule has 24 heavy (non-hydrogen) atoms. The van der Waals surface area contributed by atoms with E-state index in [-0.39, 0.29) is 18.4 Å². The third kappa shape index (κ3) is 3.58. The fourth-order valence-electron chi connectivity index (χ4n) is 2.33. The quantitative estimate of drug-likeness (QED) is 0.733. The zero-order chi connectivity index (χ0) is 17.1. The Kier molecular flexibility index (Phi) is 4.83. The molecule has 2 aromatic carbocycles. The number of amides is 2. The summed E-state index contributed by atoms with van der Waals surface area (Å²) in [6.45, 7) is 1.83. The first-order chi connectivity index (χ1) is 11.5. The number of carbonyl (C=O) groups is 2. The number of halogens is 1. The van der Waals surface area contributed by atoms with Gasteiger partial charge in [0.1, 0.15) is 4.88 Å². The molecule has 0 saturated carbocycles. The summed E-state index contributed by atoms with van der Waals surface area (Å²) in [6, 6.07) is 15.0. The summed E-state index contributed by atoms with van der Waals surface area (Å²) in [5, 5.41) is 6.63. The Morgan fingerprint density at radius 3 is 2.67 bits per heavy atom. The SMILES string of the molecule is Cc1cccc(NC(=O)CNC(=O)c2sc3ccccc3c2Cl)c1. The minimum absolute atomic E-state index is 0.114. The van der Waals surface area contributed by atoms with Crippen molar-refractivity contribution in [3.8, 4) is 0 Å². The van der Waals surface area contributed by atoms with E-state index in [4.69, 9.17) is 11.6 Å². The summed E-state index contributed by atoms with van der Waals surface area (Å²) in [5.74, 6) is -0.633. The number of anilines is 1. The molecule has 1 heterocycles. The predicted molar refractivity (Wildman–Crippen MR) is 99.0 cm³/mol. The molecule has 0 bridgehead atoms. The molecule has 3 rings (SSSR count). The Balaban J connectivity index is 1.64. The largest absolute Gasteiger partial charge is 0.342 e. The van der Waals surface area contributed by atoms with Crippen LogP contribution in [0.15, 0.2) is 48.5 Å². The van der Waals surface area contributed by atoms with Gasteiger partial charge in [0.25, 0.3) is 5.91 Å². The van der Waals surface area contributed by atoms with E-state index < -0.39 is 0 Å². The summed E-state index contributed by atoms with van der Waals surface area (Å²) < 4.78 is 0.942. The van der Waals surface area contributed by atoms with Crippen LogP contribution in [0, 0.1) is 6.92 Å². The number of benzene rings is 2. The highest BCUT2D eigenvalue weighted by molar-refractivity contribution is 7.21. The van der Waals surface area contributed by atoms with Crippen LogP contribution < -0.4 is 10.6 Å². The molecular formula is C18H15ClN2O2S. The highest BCUT2D eigenvalue weighted by Crippen LogP contribution is 2.34. The number of fused-ring (bicyclic) bond motifs is 1. The Labute approximate surface area is 148 Å². The number of nitrogens with one attached hydrogen (secondary N) is 2. The molecule has 0 unspecified atom stereocenters. The first-order valence-electron chi connectivity index (χ1n) is 7.36. The molecule has 122 valence electrons. The molecule has 1 aromatic heterocycles. The van der Waals surface area contributed by atoms with Crippen LogP contribution in [0.1, 0.15) is 15.2 Å². The van der Waals surface area contributed by atoms with Crippen molar-refractivity contribution in [3.05, 3.63) is 64.0 Å². The maximum atomic E-state index is 12.3. The van der Waals surface area contributed by atoms with Crippen LogP contribution in [0.25, 0.3) is 10.1 Å². The number of aryl methyl sites for hydroxylation is 1. The number of carbonyl (C=O) groups excluding carboxylic acids is 2. The van der Waals surface area contributed by atoms with E-state index in [1.807, 2.05) is 49.4 Å². The van der Waals surface area contributed by atoms with Gasteiger partial charge < -0.3 is 10.6 Å². The molecule has 6 heteroatoms. The van der Waals surface area contributed by atoms with E-state index in [2.05, 4.69) is 10.6 Å². The minimum Gasteiger partial charge on any atom is -0.342 e. The highest BCUT2D eigenvalue weighted by atomic mass is 35.5. The fourth-order valence-corrected chi connectivity index (χ4v) is 3.76. The van der Waals surface area contributed by atoms with Gasteiger partial charge in [-0.15, -0.1) is 11.3 Å². The molecule has 2 amide bonds. The molecule has 0 aliphatic carbocycles. The zero-order valence-corrected chi connectivity index (χ0v) is 14.5. The molecule has 0 spiro atoms. The second-order valence-corrected chi connectivity index (χ2v) is 6.77. The van der Waals surface area contributed by atoms with Gasteiger partial charge >= 0.3 is 0 Å². The van der Waals surface area contributed by atoms with Crippen molar-refractivity contribution in [2.24, 2.45) is 0 Å². The van der Waals surface area contributed by atoms with E-state index in [1.165, 1.54) is 11.3 Å². The average Bonchev–Trinajstić information content (AvgIpc) is 2.90. The van der Waals surface area contributed by atoms with E-state index in [9.17, 15) is 9.59 Å². The van der Waals surface area contributed by atoms with Crippen molar-refractivity contribution in [2.45, 2.75) is 6.92 Å². The lowest BCUT2D eigenvalue weighted by atomic mass is 10.2. The normalized spacial score (nSPS) is 10.6. The summed E-state index contributed by atoms with van der Waals surface area (Å²) in [6.07, 6.45) is 0. The van der Waals surface area contributed by atoms with Gasteiger partial charge in [-0.3, -0.25) is 9.59 Å². The van der Waals surface area contributed by atoms with Crippen LogP contribution in [0.4, 0.5) is 5.69 Å². The third-order valence-corrected chi connectivity index (χ3v) is 5.13. The van der Waals surface area contributed by atoms with Gasteiger partial charge in [-0.1, -0.05) is 41.9 Å². The summed E-state index contributed by atoms with van der Waals surface area (Å²) >= 11 is 7.58. The Morgan fingerprint density at radius 2 is 1.92 bits per heavy atom. The van der Waals surface area contributed by atoms with Crippen molar-refractivity contribution >= 4 is 50.5 Å². The van der Waals surface area contributed by atoms with Crippen LogP contribution in [0.2, 0.25) is 5.02 Å². The van der Waals surface area contributed by atoms with Gasteiger partial charge in [-0.05, 0) is 30.7 Å². The molecule has 2 N–H and O–H groups in total. The lowest BCUT2D eigenvalue weighted by Gasteiger charge is -2.07. The molecule has 0 aliphatic heterocycles. The molecule has 0 aliphatic rings. The van der Waals surface area contributed by atoms with Gasteiger partial charge in [0, 0.05) is 15.8 Å². The lowest BCUT2D eigenvalue weighted by Crippen LogP contribution is -2.32.